The number of halogens is 2. The molecule has 7 heteroatoms. The van der Waals surface area contributed by atoms with Crippen LogP contribution in [0.5, 0.6) is 0 Å². The van der Waals surface area contributed by atoms with Gasteiger partial charge in [0.1, 0.15) is 5.82 Å². The zero-order valence-corrected chi connectivity index (χ0v) is 15.7. The van der Waals surface area contributed by atoms with Crippen molar-refractivity contribution in [3.8, 4) is 0 Å². The highest BCUT2D eigenvalue weighted by Gasteiger charge is 2.23. The highest BCUT2D eigenvalue weighted by Crippen LogP contribution is 2.21. The molecule has 0 aliphatic carbocycles. The summed E-state index contributed by atoms with van der Waals surface area (Å²) in [4.78, 5) is 18.0. The van der Waals surface area contributed by atoms with Crippen molar-refractivity contribution in [1.29, 1.82) is 0 Å². The first-order chi connectivity index (χ1) is 11.5. The van der Waals surface area contributed by atoms with Crippen LogP contribution in [-0.2, 0) is 11.3 Å². The topological polar surface area (TPSA) is 56.7 Å². The Hall–Kier alpha value is -1.63. The van der Waals surface area contributed by atoms with Crippen molar-refractivity contribution < 1.29 is 9.18 Å². The predicted octanol–water partition coefficient (Wildman–Crippen LogP) is 2.51. The molecule has 1 aromatic rings. The molecule has 0 unspecified atom stereocenters. The molecule has 0 bridgehead atoms. The van der Waals surface area contributed by atoms with Crippen molar-refractivity contribution in [2.24, 2.45) is 10.9 Å². The lowest BCUT2D eigenvalue weighted by Crippen LogP contribution is -2.45. The van der Waals surface area contributed by atoms with Gasteiger partial charge < -0.3 is 15.5 Å². The summed E-state index contributed by atoms with van der Waals surface area (Å²) in [5.41, 5.74) is 0.867. The van der Waals surface area contributed by atoms with Crippen LogP contribution in [0.4, 0.5) is 4.39 Å². The summed E-state index contributed by atoms with van der Waals surface area (Å²) < 4.78 is 14.0. The first kappa shape index (κ1) is 18.7. The Labute approximate surface area is 150 Å². The molecule has 0 spiro atoms. The number of hydrogen-bond donors (Lipinski definition) is 2. The first-order valence-corrected chi connectivity index (χ1v) is 8.93. The van der Waals surface area contributed by atoms with Crippen LogP contribution in [0.3, 0.4) is 0 Å². The molecule has 1 aromatic carbocycles. The molecule has 5 nitrogen and oxygen atoms in total. The Morgan fingerprint density at radius 1 is 1.42 bits per heavy atom. The standard InChI is InChI=1S/C17H24BrFN4O/c1-20-16(24)10-12-5-7-23(8-6-12)17(21-2)22-11-13-3-4-14(18)15(19)9-13/h3-4,9,12H,5-8,10-11H2,1-2H3,(H,20,24)(H,21,22). The number of carbonyl (C=O) groups is 1. The van der Waals surface area contributed by atoms with Gasteiger partial charge in [-0.05, 0) is 52.4 Å². The molecular formula is C17H24BrFN4O. The van der Waals surface area contributed by atoms with E-state index < -0.39 is 0 Å². The fourth-order valence-corrected chi connectivity index (χ4v) is 3.12. The molecule has 1 fully saturated rings. The second-order valence-corrected chi connectivity index (χ2v) is 6.81. The monoisotopic (exact) mass is 398 g/mol. The van der Waals surface area contributed by atoms with Crippen molar-refractivity contribution in [1.82, 2.24) is 15.5 Å². The number of amides is 1. The Balaban J connectivity index is 1.84. The normalized spacial score (nSPS) is 16.2. The number of piperidine rings is 1. The number of benzene rings is 1. The third kappa shape index (κ3) is 5.19. The molecule has 1 saturated heterocycles. The lowest BCUT2D eigenvalue weighted by Gasteiger charge is -2.34. The number of nitrogens with zero attached hydrogens (tertiary/aromatic N) is 2. The number of likely N-dealkylation sites (tertiary alicyclic amines) is 1. The molecule has 1 aliphatic rings. The van der Waals surface area contributed by atoms with Crippen LogP contribution in [0.1, 0.15) is 24.8 Å². The van der Waals surface area contributed by atoms with E-state index in [1.54, 1.807) is 20.2 Å². The molecule has 1 amide bonds. The maximum atomic E-state index is 13.6. The summed E-state index contributed by atoms with van der Waals surface area (Å²) in [6.07, 6.45) is 2.54. The maximum Gasteiger partial charge on any atom is 0.220 e. The van der Waals surface area contributed by atoms with Gasteiger partial charge in [0.25, 0.3) is 0 Å². The van der Waals surface area contributed by atoms with Gasteiger partial charge in [0.2, 0.25) is 5.91 Å². The van der Waals surface area contributed by atoms with Crippen molar-refractivity contribution in [3.63, 3.8) is 0 Å². The lowest BCUT2D eigenvalue weighted by atomic mass is 9.93. The van der Waals surface area contributed by atoms with Gasteiger partial charge in [-0.15, -0.1) is 0 Å². The summed E-state index contributed by atoms with van der Waals surface area (Å²) in [5.74, 6) is 1.09. The van der Waals surface area contributed by atoms with E-state index in [-0.39, 0.29) is 11.7 Å². The van der Waals surface area contributed by atoms with E-state index in [1.165, 1.54) is 6.07 Å². The minimum absolute atomic E-state index is 0.105. The highest BCUT2D eigenvalue weighted by atomic mass is 79.9. The molecule has 132 valence electrons. The minimum Gasteiger partial charge on any atom is -0.359 e. The Bertz CT molecular complexity index is 600. The van der Waals surface area contributed by atoms with Crippen molar-refractivity contribution >= 4 is 27.8 Å². The van der Waals surface area contributed by atoms with E-state index in [2.05, 4.69) is 36.5 Å². The van der Waals surface area contributed by atoms with Gasteiger partial charge in [-0.2, -0.15) is 0 Å². The fourth-order valence-electron chi connectivity index (χ4n) is 2.88. The molecule has 2 N–H and O–H groups in total. The van der Waals surface area contributed by atoms with Crippen LogP contribution in [0.25, 0.3) is 0 Å². The second-order valence-electron chi connectivity index (χ2n) is 5.96. The summed E-state index contributed by atoms with van der Waals surface area (Å²) in [6, 6.07) is 5.10. The first-order valence-electron chi connectivity index (χ1n) is 8.13. The average Bonchev–Trinajstić information content (AvgIpc) is 2.59. The van der Waals surface area contributed by atoms with Gasteiger partial charge in [0, 0.05) is 40.2 Å². The molecule has 1 aliphatic heterocycles. The van der Waals surface area contributed by atoms with Crippen LogP contribution < -0.4 is 10.6 Å². The van der Waals surface area contributed by atoms with E-state index in [0.717, 1.165) is 37.5 Å². The van der Waals surface area contributed by atoms with E-state index in [4.69, 9.17) is 0 Å². The van der Waals surface area contributed by atoms with E-state index in [1.807, 2.05) is 6.07 Å². The summed E-state index contributed by atoms with van der Waals surface area (Å²) >= 11 is 3.16. The molecule has 1 heterocycles. The average molecular weight is 399 g/mol. The Kier molecular flexibility index (Phi) is 7.02. The summed E-state index contributed by atoms with van der Waals surface area (Å²) in [7, 11) is 3.43. The smallest absolute Gasteiger partial charge is 0.220 e. The zero-order valence-electron chi connectivity index (χ0n) is 14.1. The highest BCUT2D eigenvalue weighted by molar-refractivity contribution is 9.10. The largest absolute Gasteiger partial charge is 0.359 e. The quantitative estimate of drug-likeness (QED) is 0.605. The molecule has 0 radical (unpaired) electrons. The second kappa shape index (κ2) is 9.01. The predicted molar refractivity (Wildman–Crippen MR) is 97.3 cm³/mol. The lowest BCUT2D eigenvalue weighted by molar-refractivity contribution is -0.121. The van der Waals surface area contributed by atoms with E-state index >= 15 is 0 Å². The van der Waals surface area contributed by atoms with Crippen LogP contribution in [0, 0.1) is 11.7 Å². The van der Waals surface area contributed by atoms with Crippen molar-refractivity contribution in [2.45, 2.75) is 25.8 Å². The van der Waals surface area contributed by atoms with Crippen LogP contribution in [0.15, 0.2) is 27.7 Å². The molecule has 2 rings (SSSR count). The van der Waals surface area contributed by atoms with Gasteiger partial charge >= 0.3 is 0 Å². The number of carbonyl (C=O) groups excluding carboxylic acids is 1. The van der Waals surface area contributed by atoms with Crippen molar-refractivity contribution in [3.05, 3.63) is 34.1 Å². The number of aliphatic imine (C=N–C) groups is 1. The van der Waals surface area contributed by atoms with Crippen molar-refractivity contribution in [2.75, 3.05) is 27.2 Å². The molecule has 24 heavy (non-hydrogen) atoms. The van der Waals surface area contributed by atoms with Gasteiger partial charge in [-0.25, -0.2) is 4.39 Å². The van der Waals surface area contributed by atoms with Gasteiger partial charge in [0.15, 0.2) is 5.96 Å². The van der Waals surface area contributed by atoms with Crippen LogP contribution >= 0.6 is 15.9 Å². The molecule has 0 aromatic heterocycles. The molecule has 0 atom stereocenters. The fraction of sp³-hybridized carbons (Fsp3) is 0.529. The third-order valence-corrected chi connectivity index (χ3v) is 4.96. The molecular weight excluding hydrogens is 375 g/mol. The van der Waals surface area contributed by atoms with Gasteiger partial charge in [-0.3, -0.25) is 9.79 Å². The number of hydrogen-bond acceptors (Lipinski definition) is 2. The van der Waals surface area contributed by atoms with Crippen LogP contribution in [-0.4, -0.2) is 44.0 Å². The maximum absolute atomic E-state index is 13.6. The Morgan fingerprint density at radius 2 is 2.12 bits per heavy atom. The van der Waals surface area contributed by atoms with Crippen LogP contribution in [0.2, 0.25) is 0 Å². The van der Waals surface area contributed by atoms with E-state index in [9.17, 15) is 9.18 Å². The summed E-state index contributed by atoms with van der Waals surface area (Å²) in [5, 5.41) is 5.97. The number of guanidine groups is 1. The zero-order chi connectivity index (χ0) is 17.5. The van der Waals surface area contributed by atoms with Gasteiger partial charge in [-0.1, -0.05) is 6.07 Å². The Morgan fingerprint density at radius 3 is 2.71 bits per heavy atom. The van der Waals surface area contributed by atoms with E-state index in [0.29, 0.717) is 23.4 Å². The SMILES string of the molecule is CN=C(NCc1ccc(Br)c(F)c1)N1CCC(CC(=O)NC)CC1. The number of nitrogens with one attached hydrogen (secondary N) is 2. The summed E-state index contributed by atoms with van der Waals surface area (Å²) in [6.45, 7) is 2.26. The number of rotatable bonds is 4. The molecule has 0 saturated carbocycles. The third-order valence-electron chi connectivity index (χ3n) is 4.31. The minimum atomic E-state index is -0.265. The van der Waals surface area contributed by atoms with Gasteiger partial charge in [0.05, 0.1) is 4.47 Å².